The number of rotatable bonds is 5. The first-order chi connectivity index (χ1) is 13.0. The SMILES string of the molecule is O=C(C[NH+]1CCCCCCC1)Nc1cc(S(=O)(=O)N2CCCC2)ccc1Cl. The number of amides is 1. The number of benzene rings is 1. The van der Waals surface area contributed by atoms with Gasteiger partial charge in [0.2, 0.25) is 10.0 Å². The van der Waals surface area contributed by atoms with Crippen molar-refractivity contribution in [2.45, 2.75) is 49.8 Å². The van der Waals surface area contributed by atoms with Crippen molar-refractivity contribution < 1.29 is 18.1 Å². The third kappa shape index (κ3) is 5.44. The summed E-state index contributed by atoms with van der Waals surface area (Å²) in [6, 6.07) is 4.54. The van der Waals surface area contributed by atoms with Gasteiger partial charge in [-0.2, -0.15) is 4.31 Å². The number of anilines is 1. The third-order valence-electron chi connectivity index (χ3n) is 5.39. The van der Waals surface area contributed by atoms with Gasteiger partial charge < -0.3 is 10.2 Å². The van der Waals surface area contributed by atoms with Crippen molar-refractivity contribution in [2.75, 3.05) is 38.0 Å². The van der Waals surface area contributed by atoms with Gasteiger partial charge in [0.15, 0.2) is 6.54 Å². The first kappa shape index (κ1) is 20.6. The Morgan fingerprint density at radius 2 is 1.67 bits per heavy atom. The zero-order valence-electron chi connectivity index (χ0n) is 15.7. The molecule has 2 fully saturated rings. The minimum Gasteiger partial charge on any atom is -0.327 e. The molecular weight excluding hydrogens is 386 g/mol. The predicted octanol–water partition coefficient (Wildman–Crippen LogP) is 1.91. The van der Waals surface area contributed by atoms with Crippen LogP contribution in [0, 0.1) is 0 Å². The Morgan fingerprint density at radius 1 is 1.04 bits per heavy atom. The molecule has 27 heavy (non-hydrogen) atoms. The minimum atomic E-state index is -3.53. The quantitative estimate of drug-likeness (QED) is 0.773. The van der Waals surface area contributed by atoms with Crippen LogP contribution in [0.2, 0.25) is 5.02 Å². The Bertz CT molecular complexity index is 755. The lowest BCUT2D eigenvalue weighted by Crippen LogP contribution is -3.13. The topological polar surface area (TPSA) is 70.9 Å². The van der Waals surface area contributed by atoms with Crippen LogP contribution in [0.3, 0.4) is 0 Å². The van der Waals surface area contributed by atoms with E-state index in [9.17, 15) is 13.2 Å². The van der Waals surface area contributed by atoms with E-state index in [4.69, 9.17) is 11.6 Å². The lowest BCUT2D eigenvalue weighted by atomic mass is 10.1. The van der Waals surface area contributed by atoms with Crippen LogP contribution in [0.1, 0.15) is 44.9 Å². The molecule has 0 saturated carbocycles. The van der Waals surface area contributed by atoms with E-state index in [0.29, 0.717) is 30.3 Å². The zero-order valence-corrected chi connectivity index (χ0v) is 17.2. The van der Waals surface area contributed by atoms with Gasteiger partial charge >= 0.3 is 0 Å². The molecule has 0 radical (unpaired) electrons. The highest BCUT2D eigenvalue weighted by molar-refractivity contribution is 7.89. The maximum Gasteiger partial charge on any atom is 0.279 e. The molecule has 0 bridgehead atoms. The van der Waals surface area contributed by atoms with Crippen LogP contribution in [-0.4, -0.2) is 51.4 Å². The van der Waals surface area contributed by atoms with Gasteiger partial charge in [-0.3, -0.25) is 4.79 Å². The Kier molecular flexibility index (Phi) is 7.14. The molecule has 1 amide bonds. The predicted molar refractivity (Wildman–Crippen MR) is 107 cm³/mol. The first-order valence-electron chi connectivity index (χ1n) is 9.90. The number of carbonyl (C=O) groups excluding carboxylic acids is 1. The number of sulfonamides is 1. The zero-order chi connectivity index (χ0) is 19.3. The van der Waals surface area contributed by atoms with Gasteiger partial charge in [0, 0.05) is 13.1 Å². The highest BCUT2D eigenvalue weighted by Gasteiger charge is 2.28. The Labute approximate surface area is 166 Å². The number of carbonyl (C=O) groups is 1. The number of hydrogen-bond donors (Lipinski definition) is 2. The van der Waals surface area contributed by atoms with Crippen LogP contribution in [0.5, 0.6) is 0 Å². The van der Waals surface area contributed by atoms with E-state index in [1.54, 1.807) is 6.07 Å². The summed E-state index contributed by atoms with van der Waals surface area (Å²) in [6.07, 6.45) is 7.80. The van der Waals surface area contributed by atoms with E-state index in [2.05, 4.69) is 5.32 Å². The van der Waals surface area contributed by atoms with Crippen LogP contribution < -0.4 is 10.2 Å². The summed E-state index contributed by atoms with van der Waals surface area (Å²) in [4.78, 5) is 14.0. The van der Waals surface area contributed by atoms with Crippen LogP contribution in [-0.2, 0) is 14.8 Å². The molecule has 0 aliphatic carbocycles. The molecule has 2 saturated heterocycles. The molecule has 0 aromatic heterocycles. The summed E-state index contributed by atoms with van der Waals surface area (Å²) in [6.45, 7) is 3.49. The summed E-state index contributed by atoms with van der Waals surface area (Å²) in [5.41, 5.74) is 0.369. The Morgan fingerprint density at radius 3 is 2.33 bits per heavy atom. The fourth-order valence-electron chi connectivity index (χ4n) is 3.84. The normalized spacial score (nSPS) is 20.2. The Hall–Kier alpha value is -1.15. The van der Waals surface area contributed by atoms with Crippen molar-refractivity contribution in [1.29, 1.82) is 0 Å². The van der Waals surface area contributed by atoms with Crippen molar-refractivity contribution >= 4 is 33.2 Å². The maximum absolute atomic E-state index is 12.7. The molecule has 2 N–H and O–H groups in total. The van der Waals surface area contributed by atoms with Gasteiger partial charge in [-0.05, 0) is 56.7 Å². The average molecular weight is 415 g/mol. The number of halogens is 1. The first-order valence-corrected chi connectivity index (χ1v) is 11.7. The molecule has 150 valence electrons. The maximum atomic E-state index is 12.7. The van der Waals surface area contributed by atoms with Crippen LogP contribution in [0.4, 0.5) is 5.69 Å². The fourth-order valence-corrected chi connectivity index (χ4v) is 5.55. The van der Waals surface area contributed by atoms with E-state index in [1.165, 1.54) is 40.6 Å². The average Bonchev–Trinajstić information content (AvgIpc) is 3.14. The highest BCUT2D eigenvalue weighted by atomic mass is 35.5. The molecule has 2 aliphatic rings. The number of hydrogen-bond acceptors (Lipinski definition) is 3. The van der Waals surface area contributed by atoms with Crippen molar-refractivity contribution in [3.8, 4) is 0 Å². The molecule has 6 nitrogen and oxygen atoms in total. The molecule has 2 heterocycles. The second-order valence-corrected chi connectivity index (χ2v) is 9.84. The summed E-state index contributed by atoms with van der Waals surface area (Å²) in [7, 11) is -3.53. The number of nitrogens with one attached hydrogen (secondary N) is 2. The Balaban J connectivity index is 1.67. The monoisotopic (exact) mass is 414 g/mol. The molecule has 1 aromatic rings. The van der Waals surface area contributed by atoms with Gasteiger partial charge in [0.05, 0.1) is 28.7 Å². The number of nitrogens with zero attached hydrogens (tertiary/aromatic N) is 1. The molecule has 0 spiro atoms. The highest BCUT2D eigenvalue weighted by Crippen LogP contribution is 2.28. The van der Waals surface area contributed by atoms with Crippen LogP contribution in [0.25, 0.3) is 0 Å². The summed E-state index contributed by atoms with van der Waals surface area (Å²) < 4.78 is 27.0. The standard InChI is InChI=1S/C19H28ClN3O3S/c20-17-9-8-16(27(25,26)23-12-6-7-13-23)14-18(17)21-19(24)15-22-10-4-2-1-3-5-11-22/h8-9,14H,1-7,10-13,15H2,(H,21,24)/p+1. The minimum absolute atomic E-state index is 0.122. The third-order valence-corrected chi connectivity index (χ3v) is 7.61. The number of likely N-dealkylation sites (tertiary alicyclic amines) is 1. The van der Waals surface area contributed by atoms with E-state index in [0.717, 1.165) is 38.8 Å². The van der Waals surface area contributed by atoms with E-state index < -0.39 is 10.0 Å². The molecule has 3 rings (SSSR count). The smallest absolute Gasteiger partial charge is 0.279 e. The van der Waals surface area contributed by atoms with Crippen LogP contribution >= 0.6 is 11.6 Å². The van der Waals surface area contributed by atoms with Crippen molar-refractivity contribution in [3.63, 3.8) is 0 Å². The second kappa shape index (κ2) is 9.37. The summed E-state index contributed by atoms with van der Waals surface area (Å²) >= 11 is 6.21. The van der Waals surface area contributed by atoms with Crippen molar-refractivity contribution in [3.05, 3.63) is 23.2 Å². The van der Waals surface area contributed by atoms with E-state index in [-0.39, 0.29) is 10.8 Å². The molecule has 0 unspecified atom stereocenters. The van der Waals surface area contributed by atoms with Gasteiger partial charge in [-0.25, -0.2) is 8.42 Å². The van der Waals surface area contributed by atoms with Gasteiger partial charge in [-0.15, -0.1) is 0 Å². The summed E-state index contributed by atoms with van der Waals surface area (Å²) in [5.74, 6) is -0.122. The molecule has 8 heteroatoms. The second-order valence-electron chi connectivity index (χ2n) is 7.50. The summed E-state index contributed by atoms with van der Waals surface area (Å²) in [5, 5.41) is 3.18. The van der Waals surface area contributed by atoms with Gasteiger partial charge in [0.1, 0.15) is 0 Å². The molecule has 0 atom stereocenters. The molecular formula is C19H29ClN3O3S+. The van der Waals surface area contributed by atoms with Crippen molar-refractivity contribution in [1.82, 2.24) is 4.31 Å². The van der Waals surface area contributed by atoms with Crippen LogP contribution in [0.15, 0.2) is 23.1 Å². The molecule has 2 aliphatic heterocycles. The van der Waals surface area contributed by atoms with Crippen molar-refractivity contribution in [2.24, 2.45) is 0 Å². The largest absolute Gasteiger partial charge is 0.327 e. The van der Waals surface area contributed by atoms with Gasteiger partial charge in [-0.1, -0.05) is 18.0 Å². The van der Waals surface area contributed by atoms with Gasteiger partial charge in [0.25, 0.3) is 5.91 Å². The van der Waals surface area contributed by atoms with E-state index in [1.807, 2.05) is 0 Å². The number of quaternary nitrogens is 1. The lowest BCUT2D eigenvalue weighted by Gasteiger charge is -2.21. The van der Waals surface area contributed by atoms with E-state index >= 15 is 0 Å². The lowest BCUT2D eigenvalue weighted by molar-refractivity contribution is -0.892. The fraction of sp³-hybridized carbons (Fsp3) is 0.632. The molecule has 1 aromatic carbocycles.